The van der Waals surface area contributed by atoms with Gasteiger partial charge in [-0.3, -0.25) is 14.2 Å². The average molecular weight is 596 g/mol. The molecule has 1 fully saturated rings. The maximum Gasteiger partial charge on any atom is 0.326 e. The number of fused-ring (bicyclic) bond motifs is 1. The van der Waals surface area contributed by atoms with Crippen LogP contribution in [0, 0.1) is 11.8 Å². The molecule has 0 amide bonds. The molecule has 1 aliphatic carbocycles. The van der Waals surface area contributed by atoms with Gasteiger partial charge in [-0.2, -0.15) is 0 Å². The zero-order valence-corrected chi connectivity index (χ0v) is 25.9. The summed E-state index contributed by atoms with van der Waals surface area (Å²) in [6, 6.07) is 0. The Labute approximate surface area is 241 Å². The Morgan fingerprint density at radius 1 is 1.12 bits per heavy atom. The smallest absolute Gasteiger partial charge is 0.326 e. The van der Waals surface area contributed by atoms with Gasteiger partial charge in [0.1, 0.15) is 29.3 Å². The Kier molecular flexibility index (Phi) is 10.9. The highest BCUT2D eigenvalue weighted by Gasteiger charge is 2.42. The summed E-state index contributed by atoms with van der Waals surface area (Å²) in [5, 5.41) is 15.3. The van der Waals surface area contributed by atoms with Crippen molar-refractivity contribution in [2.24, 2.45) is 11.8 Å². The number of carbonyl (C=O) groups is 2. The lowest BCUT2D eigenvalue weighted by atomic mass is 9.80. The molecule has 1 saturated carbocycles. The van der Waals surface area contributed by atoms with E-state index < -0.39 is 36.6 Å². The number of carbonyl (C=O) groups excluding carboxylic acids is 1. The van der Waals surface area contributed by atoms with Gasteiger partial charge >= 0.3 is 11.9 Å². The number of hydrogen-bond donors (Lipinski definition) is 4. The lowest BCUT2D eigenvalue weighted by Crippen LogP contribution is -2.53. The highest BCUT2D eigenvalue weighted by Crippen LogP contribution is 2.42. The molecule has 0 saturated heterocycles. The van der Waals surface area contributed by atoms with Gasteiger partial charge in [0.05, 0.1) is 25.6 Å². The van der Waals surface area contributed by atoms with Crippen LogP contribution in [0.5, 0.6) is 0 Å². The van der Waals surface area contributed by atoms with E-state index in [0.29, 0.717) is 30.2 Å². The van der Waals surface area contributed by atoms with Gasteiger partial charge in [0.25, 0.3) is 0 Å². The van der Waals surface area contributed by atoms with E-state index in [2.05, 4.69) is 32.1 Å². The Morgan fingerprint density at radius 3 is 2.39 bits per heavy atom. The summed E-state index contributed by atoms with van der Waals surface area (Å²) >= 11 is 0. The molecule has 0 spiro atoms. The van der Waals surface area contributed by atoms with Crippen molar-refractivity contribution in [3.63, 3.8) is 0 Å². The number of aliphatic carboxylic acids is 1. The van der Waals surface area contributed by atoms with Gasteiger partial charge in [0.2, 0.25) is 7.44 Å². The number of carboxylic acids is 1. The number of rotatable bonds is 15. The molecule has 3 rings (SSSR count). The van der Waals surface area contributed by atoms with Crippen LogP contribution in [0.25, 0.3) is 11.2 Å². The van der Waals surface area contributed by atoms with E-state index in [0.717, 1.165) is 31.6 Å². The van der Waals surface area contributed by atoms with E-state index in [4.69, 9.17) is 15.2 Å². The van der Waals surface area contributed by atoms with Crippen molar-refractivity contribution >= 4 is 36.4 Å². The van der Waals surface area contributed by atoms with Gasteiger partial charge in [0.15, 0.2) is 11.5 Å². The first-order valence-corrected chi connectivity index (χ1v) is 16.2. The van der Waals surface area contributed by atoms with Crippen molar-refractivity contribution < 1.29 is 28.7 Å². The first kappa shape index (κ1) is 32.9. The highest BCUT2D eigenvalue weighted by molar-refractivity contribution is 7.59. The Balaban J connectivity index is 1.65. The van der Waals surface area contributed by atoms with Crippen molar-refractivity contribution in [3.05, 3.63) is 12.7 Å². The van der Waals surface area contributed by atoms with Crippen LogP contribution in [0.3, 0.4) is 0 Å². The molecule has 2 atom stereocenters. The maximum atomic E-state index is 14.1. The standard InChI is InChI=1S/C27H46N7O6P/c1-7-8-19-9-11-20(12-10-19)14-39-25(37)27(5,6)33-41(38,32-26(3,4)24(35)36)17-40-18(2)13-34-16-31-21-22(28)29-15-30-23(21)34/h15-16,18-20H,7-14,17H2,1-6H3,(H,35,36)(H2,28,29,30)(H2,32,33,38)/t18-,19-,20-,41?/m1/s1. The summed E-state index contributed by atoms with van der Waals surface area (Å²) < 4.78 is 27.5. The van der Waals surface area contributed by atoms with Crippen LogP contribution in [0.2, 0.25) is 0 Å². The summed E-state index contributed by atoms with van der Waals surface area (Å²) in [5.74, 6) is -0.439. The predicted molar refractivity (Wildman–Crippen MR) is 156 cm³/mol. The minimum Gasteiger partial charge on any atom is -0.480 e. The van der Waals surface area contributed by atoms with Crippen LogP contribution >= 0.6 is 7.44 Å². The topological polar surface area (TPSA) is 184 Å². The van der Waals surface area contributed by atoms with Gasteiger partial charge in [-0.1, -0.05) is 32.6 Å². The fourth-order valence-electron chi connectivity index (χ4n) is 5.15. The number of nitrogens with one attached hydrogen (secondary N) is 2. The quantitative estimate of drug-likeness (QED) is 0.172. The molecule has 230 valence electrons. The van der Waals surface area contributed by atoms with Crippen LogP contribution in [-0.4, -0.2) is 66.7 Å². The zero-order chi connectivity index (χ0) is 30.4. The molecule has 13 nitrogen and oxygen atoms in total. The number of hydrogen-bond acceptors (Lipinski definition) is 9. The molecule has 1 unspecified atom stereocenters. The SMILES string of the molecule is CCC[C@H]1CC[C@H](COC(=O)C(C)(C)NP(=O)(CO[C@H](C)Cn2cnc3c(N)ncnc32)NC(C)(C)C(=O)O)CC1. The molecule has 0 radical (unpaired) electrons. The van der Waals surface area contributed by atoms with E-state index in [1.807, 2.05) is 0 Å². The van der Waals surface area contributed by atoms with Crippen LogP contribution < -0.4 is 15.9 Å². The van der Waals surface area contributed by atoms with Crippen molar-refractivity contribution in [3.8, 4) is 0 Å². The number of ether oxygens (including phenoxy) is 2. The monoisotopic (exact) mass is 595 g/mol. The second kappa shape index (κ2) is 13.6. The molecule has 0 bridgehead atoms. The van der Waals surface area contributed by atoms with Gasteiger partial charge in [-0.15, -0.1) is 0 Å². The van der Waals surface area contributed by atoms with Crippen LogP contribution in [-0.2, 0) is 30.2 Å². The first-order chi connectivity index (χ1) is 19.2. The normalized spacial score (nSPS) is 20.4. The highest BCUT2D eigenvalue weighted by atomic mass is 31.2. The first-order valence-electron chi connectivity index (χ1n) is 14.3. The van der Waals surface area contributed by atoms with Crippen molar-refractivity contribution in [1.82, 2.24) is 29.7 Å². The predicted octanol–water partition coefficient (Wildman–Crippen LogP) is 3.93. The Morgan fingerprint density at radius 2 is 1.76 bits per heavy atom. The van der Waals surface area contributed by atoms with Crippen molar-refractivity contribution in [2.45, 2.75) is 104 Å². The van der Waals surface area contributed by atoms with Gasteiger partial charge in [0, 0.05) is 0 Å². The van der Waals surface area contributed by atoms with Crippen molar-refractivity contribution in [2.75, 3.05) is 18.7 Å². The minimum atomic E-state index is -3.82. The third-order valence-electron chi connectivity index (χ3n) is 7.50. The van der Waals surface area contributed by atoms with E-state index in [1.165, 1.54) is 33.0 Å². The second-order valence-corrected chi connectivity index (χ2v) is 14.4. The number of nitrogens with two attached hydrogens (primary N) is 1. The molecule has 0 aliphatic heterocycles. The third kappa shape index (κ3) is 8.94. The molecule has 41 heavy (non-hydrogen) atoms. The Hall–Kier alpha value is -2.60. The molecular weight excluding hydrogens is 549 g/mol. The van der Waals surface area contributed by atoms with Gasteiger partial charge < -0.3 is 24.9 Å². The fourth-order valence-corrected chi connectivity index (χ4v) is 7.79. The molecule has 1 aliphatic rings. The number of anilines is 1. The van der Waals surface area contributed by atoms with Crippen LogP contribution in [0.15, 0.2) is 12.7 Å². The molecular formula is C27H46N7O6P. The van der Waals surface area contributed by atoms with E-state index in [-0.39, 0.29) is 12.2 Å². The summed E-state index contributed by atoms with van der Waals surface area (Å²) in [6.45, 7) is 10.5. The number of nitrogens with zero attached hydrogens (tertiary/aromatic N) is 4. The molecule has 2 aromatic rings. The van der Waals surface area contributed by atoms with Crippen LogP contribution in [0.4, 0.5) is 5.82 Å². The second-order valence-electron chi connectivity index (χ2n) is 12.2. The summed E-state index contributed by atoms with van der Waals surface area (Å²) in [7, 11) is -3.82. The van der Waals surface area contributed by atoms with Crippen molar-refractivity contribution in [1.29, 1.82) is 0 Å². The molecule has 5 N–H and O–H groups in total. The van der Waals surface area contributed by atoms with E-state index in [9.17, 15) is 19.3 Å². The number of carboxylic acid groups (broad SMARTS) is 1. The fraction of sp³-hybridized carbons (Fsp3) is 0.741. The third-order valence-corrected chi connectivity index (χ3v) is 9.86. The number of esters is 1. The average Bonchev–Trinajstić information content (AvgIpc) is 3.30. The lowest BCUT2D eigenvalue weighted by Gasteiger charge is -2.35. The number of aromatic nitrogens is 4. The summed E-state index contributed by atoms with van der Waals surface area (Å²) in [4.78, 5) is 37.4. The lowest BCUT2D eigenvalue weighted by molar-refractivity contribution is -0.151. The zero-order valence-electron chi connectivity index (χ0n) is 25.1. The Bertz CT molecular complexity index is 1240. The molecule has 14 heteroatoms. The largest absolute Gasteiger partial charge is 0.480 e. The van der Waals surface area contributed by atoms with E-state index in [1.54, 1.807) is 31.7 Å². The summed E-state index contributed by atoms with van der Waals surface area (Å²) in [6.07, 6.45) is 8.80. The van der Waals surface area contributed by atoms with Gasteiger partial charge in [-0.25, -0.2) is 25.1 Å². The molecule has 0 aromatic carbocycles. The minimum absolute atomic E-state index is 0.259. The number of imidazole rings is 1. The molecule has 2 aromatic heterocycles. The molecule has 2 heterocycles. The maximum absolute atomic E-state index is 14.1. The number of nitrogen functional groups attached to an aromatic ring is 1. The van der Waals surface area contributed by atoms with E-state index >= 15 is 0 Å². The van der Waals surface area contributed by atoms with Gasteiger partial charge in [-0.05, 0) is 59.3 Å². The van der Waals surface area contributed by atoms with Crippen LogP contribution in [0.1, 0.15) is 80.1 Å². The summed E-state index contributed by atoms with van der Waals surface area (Å²) in [5.41, 5.74) is 3.91.